The summed E-state index contributed by atoms with van der Waals surface area (Å²) in [6.07, 6.45) is 0.656. The van der Waals surface area contributed by atoms with Crippen molar-refractivity contribution in [1.82, 2.24) is 4.90 Å². The minimum atomic E-state index is -0.613. The first-order valence-electron chi connectivity index (χ1n) is 12.4. The van der Waals surface area contributed by atoms with E-state index in [1.165, 1.54) is 11.8 Å². The molecule has 1 aliphatic rings. The van der Waals surface area contributed by atoms with Crippen LogP contribution in [0.3, 0.4) is 0 Å². The number of para-hydroxylation sites is 1. The van der Waals surface area contributed by atoms with E-state index in [0.29, 0.717) is 53.4 Å². The Morgan fingerprint density at radius 2 is 1.82 bits per heavy atom. The molecule has 1 saturated heterocycles. The summed E-state index contributed by atoms with van der Waals surface area (Å²) >= 11 is 1.30. The fourth-order valence-corrected chi connectivity index (χ4v) is 5.13. The number of amides is 2. The average Bonchev–Trinajstić information content (AvgIpc) is 2.93. The van der Waals surface area contributed by atoms with Gasteiger partial charge in [-0.3, -0.25) is 14.5 Å². The number of thioether (sulfide) groups is 1. The molecule has 0 bridgehead atoms. The summed E-state index contributed by atoms with van der Waals surface area (Å²) in [5, 5.41) is 2.80. The molecule has 4 rings (SSSR count). The van der Waals surface area contributed by atoms with Crippen LogP contribution in [0.1, 0.15) is 18.9 Å². The number of benzene rings is 3. The Hall–Kier alpha value is -3.98. The molecular formula is C29H31N3O5S. The van der Waals surface area contributed by atoms with E-state index in [-0.39, 0.29) is 18.2 Å². The van der Waals surface area contributed by atoms with Crippen molar-refractivity contribution in [2.75, 3.05) is 32.7 Å². The van der Waals surface area contributed by atoms with Gasteiger partial charge in [-0.05, 0) is 55.3 Å². The molecule has 0 radical (unpaired) electrons. The highest BCUT2D eigenvalue weighted by Gasteiger charge is 2.36. The van der Waals surface area contributed by atoms with Crippen molar-refractivity contribution in [3.05, 3.63) is 78.4 Å². The van der Waals surface area contributed by atoms with Crippen molar-refractivity contribution in [2.45, 2.75) is 25.0 Å². The quantitative estimate of drug-likeness (QED) is 0.380. The number of nitrogens with one attached hydrogen (secondary N) is 1. The summed E-state index contributed by atoms with van der Waals surface area (Å²) in [6, 6.07) is 22.3. The van der Waals surface area contributed by atoms with E-state index in [4.69, 9.17) is 19.2 Å². The molecule has 0 aliphatic carbocycles. The summed E-state index contributed by atoms with van der Waals surface area (Å²) < 4.78 is 16.3. The Bertz CT molecular complexity index is 1300. The Labute approximate surface area is 227 Å². The maximum absolute atomic E-state index is 13.3. The van der Waals surface area contributed by atoms with Crippen LogP contribution in [-0.2, 0) is 16.0 Å². The number of carbonyl (C=O) groups excluding carboxylic acids is 2. The molecule has 38 heavy (non-hydrogen) atoms. The third kappa shape index (κ3) is 6.86. The van der Waals surface area contributed by atoms with Gasteiger partial charge >= 0.3 is 0 Å². The largest absolute Gasteiger partial charge is 0.494 e. The van der Waals surface area contributed by atoms with Gasteiger partial charge in [0.25, 0.3) is 0 Å². The first-order valence-corrected chi connectivity index (χ1v) is 13.2. The van der Waals surface area contributed by atoms with E-state index in [9.17, 15) is 9.59 Å². The number of hydrogen-bond acceptors (Lipinski definition) is 7. The topological polar surface area (TPSA) is 89.5 Å². The van der Waals surface area contributed by atoms with Gasteiger partial charge in [-0.1, -0.05) is 42.1 Å². The van der Waals surface area contributed by atoms with Crippen LogP contribution in [0.5, 0.6) is 17.2 Å². The Morgan fingerprint density at radius 1 is 1.03 bits per heavy atom. The molecule has 0 unspecified atom stereocenters. The second-order valence-electron chi connectivity index (χ2n) is 8.48. The first-order chi connectivity index (χ1) is 18.5. The normalized spacial score (nSPS) is 16.3. The minimum absolute atomic E-state index is 0.0708. The van der Waals surface area contributed by atoms with Gasteiger partial charge in [0, 0.05) is 24.7 Å². The van der Waals surface area contributed by atoms with Gasteiger partial charge in [-0.2, -0.15) is 0 Å². The van der Waals surface area contributed by atoms with Crippen LogP contribution in [0, 0.1) is 0 Å². The lowest BCUT2D eigenvalue weighted by Crippen LogP contribution is -2.46. The Balaban J connectivity index is 1.52. The molecule has 9 heteroatoms. The zero-order valence-corrected chi connectivity index (χ0v) is 22.5. The average molecular weight is 534 g/mol. The second-order valence-corrected chi connectivity index (χ2v) is 9.65. The van der Waals surface area contributed by atoms with E-state index in [0.717, 1.165) is 5.56 Å². The molecule has 3 aromatic carbocycles. The minimum Gasteiger partial charge on any atom is -0.494 e. The number of anilines is 1. The predicted octanol–water partition coefficient (Wildman–Crippen LogP) is 5.31. The molecular weight excluding hydrogens is 502 g/mol. The van der Waals surface area contributed by atoms with Crippen LogP contribution >= 0.6 is 11.8 Å². The maximum Gasteiger partial charge on any atom is 0.238 e. The van der Waals surface area contributed by atoms with Gasteiger partial charge in [0.1, 0.15) is 11.0 Å². The fourth-order valence-electron chi connectivity index (χ4n) is 4.00. The van der Waals surface area contributed by atoms with Crippen molar-refractivity contribution in [1.29, 1.82) is 0 Å². The van der Waals surface area contributed by atoms with Crippen molar-refractivity contribution in [2.24, 2.45) is 4.99 Å². The summed E-state index contributed by atoms with van der Waals surface area (Å²) in [6.45, 7) is 2.85. The van der Waals surface area contributed by atoms with Gasteiger partial charge in [-0.15, -0.1) is 0 Å². The number of ether oxygens (including phenoxy) is 3. The lowest BCUT2D eigenvalue weighted by Gasteiger charge is -2.32. The Morgan fingerprint density at radius 3 is 2.55 bits per heavy atom. The molecule has 0 aromatic heterocycles. The highest BCUT2D eigenvalue weighted by Crippen LogP contribution is 2.32. The zero-order valence-electron chi connectivity index (χ0n) is 21.7. The summed E-state index contributed by atoms with van der Waals surface area (Å²) in [4.78, 5) is 32.9. The van der Waals surface area contributed by atoms with Crippen LogP contribution in [0.2, 0.25) is 0 Å². The van der Waals surface area contributed by atoms with Gasteiger partial charge in [-0.25, -0.2) is 4.99 Å². The third-order valence-corrected chi connectivity index (χ3v) is 7.09. The van der Waals surface area contributed by atoms with E-state index >= 15 is 0 Å². The number of carbonyl (C=O) groups is 2. The number of nitrogens with zero attached hydrogens (tertiary/aromatic N) is 2. The van der Waals surface area contributed by atoms with Crippen LogP contribution < -0.4 is 19.5 Å². The molecule has 1 heterocycles. The second kappa shape index (κ2) is 13.0. The van der Waals surface area contributed by atoms with Crippen LogP contribution in [-0.4, -0.2) is 54.5 Å². The van der Waals surface area contributed by atoms with Gasteiger partial charge in [0.05, 0.1) is 26.5 Å². The summed E-state index contributed by atoms with van der Waals surface area (Å²) in [5.41, 5.74) is 2.32. The van der Waals surface area contributed by atoms with E-state index in [1.807, 2.05) is 67.6 Å². The van der Waals surface area contributed by atoms with E-state index < -0.39 is 5.25 Å². The number of aliphatic imine (C=N–C) groups is 1. The number of rotatable bonds is 10. The van der Waals surface area contributed by atoms with Gasteiger partial charge < -0.3 is 19.5 Å². The number of amidine groups is 1. The van der Waals surface area contributed by atoms with Crippen molar-refractivity contribution < 1.29 is 23.8 Å². The molecule has 1 aliphatic heterocycles. The lowest BCUT2D eigenvalue weighted by atomic mass is 10.1. The molecule has 198 valence electrons. The van der Waals surface area contributed by atoms with Gasteiger partial charge in [0.2, 0.25) is 11.8 Å². The van der Waals surface area contributed by atoms with E-state index in [1.54, 1.807) is 31.3 Å². The first kappa shape index (κ1) is 27.1. The fraction of sp³-hybridized carbons (Fsp3) is 0.276. The SMILES string of the molecule is CCOc1cccc(NC(=O)[C@@H]2CC(=O)N(CCc3ccc(OC)c(OC)c3)C(=Nc3ccccc3)S2)c1. The van der Waals surface area contributed by atoms with Crippen molar-refractivity contribution >= 4 is 40.1 Å². The smallest absolute Gasteiger partial charge is 0.238 e. The summed E-state index contributed by atoms with van der Waals surface area (Å²) in [7, 11) is 3.19. The summed E-state index contributed by atoms with van der Waals surface area (Å²) in [5.74, 6) is 1.55. The van der Waals surface area contributed by atoms with Crippen LogP contribution in [0.4, 0.5) is 11.4 Å². The van der Waals surface area contributed by atoms with Crippen LogP contribution in [0.25, 0.3) is 0 Å². The third-order valence-electron chi connectivity index (χ3n) is 5.90. The maximum atomic E-state index is 13.3. The molecule has 3 aromatic rings. The lowest BCUT2D eigenvalue weighted by molar-refractivity contribution is -0.129. The van der Waals surface area contributed by atoms with E-state index in [2.05, 4.69) is 5.32 Å². The number of methoxy groups -OCH3 is 2. The van der Waals surface area contributed by atoms with Gasteiger partial charge in [0.15, 0.2) is 16.7 Å². The molecule has 0 spiro atoms. The molecule has 1 atom stereocenters. The number of hydrogen-bond donors (Lipinski definition) is 1. The predicted molar refractivity (Wildman–Crippen MR) is 151 cm³/mol. The monoisotopic (exact) mass is 533 g/mol. The highest BCUT2D eigenvalue weighted by atomic mass is 32.2. The zero-order chi connectivity index (χ0) is 26.9. The van der Waals surface area contributed by atoms with Crippen molar-refractivity contribution in [3.63, 3.8) is 0 Å². The van der Waals surface area contributed by atoms with Crippen LogP contribution in [0.15, 0.2) is 77.8 Å². The Kier molecular flexibility index (Phi) is 9.26. The molecule has 8 nitrogen and oxygen atoms in total. The molecule has 1 N–H and O–H groups in total. The molecule has 1 fully saturated rings. The van der Waals surface area contributed by atoms with Crippen molar-refractivity contribution in [3.8, 4) is 17.2 Å². The molecule has 2 amide bonds. The standard InChI is InChI=1S/C29H31N3O5S/c1-4-37-23-12-8-11-22(18-23)30-28(34)26-19-27(33)32(29(38-26)31-21-9-6-5-7-10-21)16-15-20-13-14-24(35-2)25(17-20)36-3/h5-14,17-18,26H,4,15-16,19H2,1-3H3,(H,30,34)/t26-/m0/s1. The molecule has 0 saturated carbocycles. The highest BCUT2D eigenvalue weighted by molar-refractivity contribution is 8.15.